The molecule has 0 atom stereocenters. The van der Waals surface area contributed by atoms with Gasteiger partial charge in [0, 0.05) is 31.6 Å². The van der Waals surface area contributed by atoms with Crippen LogP contribution in [0.15, 0.2) is 24.3 Å². The first-order chi connectivity index (χ1) is 7.27. The Hall–Kier alpha value is -1.22. The van der Waals surface area contributed by atoms with Crippen LogP contribution in [0.5, 0.6) is 0 Å². The topological polar surface area (TPSA) is 38.5 Å². The molecule has 3 nitrogen and oxygen atoms in total. The molecule has 1 aromatic carbocycles. The maximum Gasteiger partial charge on any atom is 0.0637 e. The molecule has 0 radical (unpaired) electrons. The normalized spacial score (nSPS) is 10.3. The third-order valence-electron chi connectivity index (χ3n) is 2.29. The minimum Gasteiger partial charge on any atom is -0.399 e. The minimum atomic E-state index is 0.745. The highest BCUT2D eigenvalue weighted by Crippen LogP contribution is 2.17. The molecular formula is C12H20N2O. The zero-order chi connectivity index (χ0) is 11.1. The smallest absolute Gasteiger partial charge is 0.0637 e. The van der Waals surface area contributed by atoms with Gasteiger partial charge in [-0.3, -0.25) is 0 Å². The zero-order valence-corrected chi connectivity index (χ0v) is 9.57. The van der Waals surface area contributed by atoms with Crippen LogP contribution >= 0.6 is 0 Å². The predicted octanol–water partition coefficient (Wildman–Crippen LogP) is 2.13. The second-order valence-electron chi connectivity index (χ2n) is 3.57. The molecule has 0 bridgehead atoms. The van der Waals surface area contributed by atoms with Crippen molar-refractivity contribution in [3.05, 3.63) is 24.3 Å². The number of hydrogen-bond acceptors (Lipinski definition) is 3. The van der Waals surface area contributed by atoms with Gasteiger partial charge < -0.3 is 15.4 Å². The van der Waals surface area contributed by atoms with E-state index in [0.29, 0.717) is 0 Å². The molecule has 1 aromatic rings. The maximum absolute atomic E-state index is 5.76. The summed E-state index contributed by atoms with van der Waals surface area (Å²) in [7, 11) is 1.73. The van der Waals surface area contributed by atoms with Gasteiger partial charge in [-0.1, -0.05) is 13.0 Å². The first-order valence-corrected chi connectivity index (χ1v) is 5.37. The van der Waals surface area contributed by atoms with Crippen LogP contribution in [-0.4, -0.2) is 26.8 Å². The van der Waals surface area contributed by atoms with Crippen molar-refractivity contribution in [3.8, 4) is 0 Å². The van der Waals surface area contributed by atoms with Crippen LogP contribution in [0.1, 0.15) is 13.3 Å². The molecule has 0 saturated heterocycles. The fourth-order valence-corrected chi connectivity index (χ4v) is 1.56. The molecule has 0 aromatic heterocycles. The van der Waals surface area contributed by atoms with Crippen molar-refractivity contribution in [3.63, 3.8) is 0 Å². The molecule has 3 heteroatoms. The number of anilines is 2. The summed E-state index contributed by atoms with van der Waals surface area (Å²) >= 11 is 0. The van der Waals surface area contributed by atoms with Gasteiger partial charge in [-0.05, 0) is 24.6 Å². The van der Waals surface area contributed by atoms with Gasteiger partial charge in [-0.15, -0.1) is 0 Å². The van der Waals surface area contributed by atoms with Crippen LogP contribution in [0.4, 0.5) is 11.4 Å². The summed E-state index contributed by atoms with van der Waals surface area (Å²) in [5.41, 5.74) is 7.75. The number of ether oxygens (including phenoxy) is 1. The van der Waals surface area contributed by atoms with Crippen molar-refractivity contribution in [1.29, 1.82) is 0 Å². The van der Waals surface area contributed by atoms with Crippen molar-refractivity contribution in [2.45, 2.75) is 13.3 Å². The van der Waals surface area contributed by atoms with Crippen molar-refractivity contribution >= 4 is 11.4 Å². The lowest BCUT2D eigenvalue weighted by Crippen LogP contribution is -2.27. The van der Waals surface area contributed by atoms with Gasteiger partial charge in [0.05, 0.1) is 6.61 Å². The van der Waals surface area contributed by atoms with E-state index in [4.69, 9.17) is 10.5 Å². The van der Waals surface area contributed by atoms with E-state index in [1.807, 2.05) is 18.2 Å². The molecular weight excluding hydrogens is 188 g/mol. The first kappa shape index (κ1) is 11.9. The Kier molecular flexibility index (Phi) is 4.98. The van der Waals surface area contributed by atoms with Crippen LogP contribution in [0.3, 0.4) is 0 Å². The lowest BCUT2D eigenvalue weighted by atomic mass is 10.2. The molecule has 0 saturated carbocycles. The predicted molar refractivity (Wildman–Crippen MR) is 65.2 cm³/mol. The van der Waals surface area contributed by atoms with E-state index in [1.165, 1.54) is 5.69 Å². The number of methoxy groups -OCH3 is 1. The Morgan fingerprint density at radius 3 is 2.73 bits per heavy atom. The van der Waals surface area contributed by atoms with E-state index < -0.39 is 0 Å². The molecule has 0 unspecified atom stereocenters. The highest BCUT2D eigenvalue weighted by molar-refractivity contribution is 5.55. The van der Waals surface area contributed by atoms with Crippen molar-refractivity contribution in [1.82, 2.24) is 0 Å². The van der Waals surface area contributed by atoms with Crippen LogP contribution in [-0.2, 0) is 4.74 Å². The van der Waals surface area contributed by atoms with E-state index >= 15 is 0 Å². The molecule has 0 aliphatic rings. The van der Waals surface area contributed by atoms with E-state index in [9.17, 15) is 0 Å². The summed E-state index contributed by atoms with van der Waals surface area (Å²) in [5, 5.41) is 0. The molecule has 0 aliphatic carbocycles. The van der Waals surface area contributed by atoms with Crippen LogP contribution < -0.4 is 10.6 Å². The van der Waals surface area contributed by atoms with Crippen LogP contribution in [0.2, 0.25) is 0 Å². The lowest BCUT2D eigenvalue weighted by Gasteiger charge is -2.24. The van der Waals surface area contributed by atoms with Gasteiger partial charge in [0.15, 0.2) is 0 Å². The average Bonchev–Trinajstić information content (AvgIpc) is 2.24. The zero-order valence-electron chi connectivity index (χ0n) is 9.57. The van der Waals surface area contributed by atoms with Gasteiger partial charge >= 0.3 is 0 Å². The number of rotatable bonds is 6. The Morgan fingerprint density at radius 1 is 1.33 bits per heavy atom. The summed E-state index contributed by atoms with van der Waals surface area (Å²) in [6.07, 6.45) is 1.12. The van der Waals surface area contributed by atoms with E-state index in [1.54, 1.807) is 7.11 Å². The largest absolute Gasteiger partial charge is 0.399 e. The standard InChI is InChI=1S/C12H20N2O/c1-3-7-14(8-9-15-2)12-6-4-5-11(13)10-12/h4-6,10H,3,7-9,13H2,1-2H3. The van der Waals surface area contributed by atoms with E-state index in [0.717, 1.165) is 31.8 Å². The number of nitrogens with zero attached hydrogens (tertiary/aromatic N) is 1. The molecule has 0 fully saturated rings. The second kappa shape index (κ2) is 6.30. The van der Waals surface area contributed by atoms with Gasteiger partial charge in [0.1, 0.15) is 0 Å². The summed E-state index contributed by atoms with van der Waals surface area (Å²) in [6.45, 7) is 4.86. The first-order valence-electron chi connectivity index (χ1n) is 5.37. The Labute approximate surface area is 91.8 Å². The van der Waals surface area contributed by atoms with Gasteiger partial charge in [0.2, 0.25) is 0 Å². The van der Waals surface area contributed by atoms with Gasteiger partial charge in [0.25, 0.3) is 0 Å². The quantitative estimate of drug-likeness (QED) is 0.728. The van der Waals surface area contributed by atoms with Crippen LogP contribution in [0, 0.1) is 0 Å². The number of hydrogen-bond donors (Lipinski definition) is 1. The molecule has 0 amide bonds. The van der Waals surface area contributed by atoms with E-state index in [-0.39, 0.29) is 0 Å². The van der Waals surface area contributed by atoms with Crippen molar-refractivity contribution < 1.29 is 4.74 Å². The molecule has 0 heterocycles. The maximum atomic E-state index is 5.76. The number of nitrogen functional groups attached to an aromatic ring is 1. The number of nitrogens with two attached hydrogens (primary N) is 1. The molecule has 0 spiro atoms. The average molecular weight is 208 g/mol. The number of benzene rings is 1. The van der Waals surface area contributed by atoms with Crippen molar-refractivity contribution in [2.75, 3.05) is 37.4 Å². The van der Waals surface area contributed by atoms with Crippen molar-refractivity contribution in [2.24, 2.45) is 0 Å². The fraction of sp³-hybridized carbons (Fsp3) is 0.500. The minimum absolute atomic E-state index is 0.745. The Balaban J connectivity index is 2.69. The third kappa shape index (κ3) is 3.80. The second-order valence-corrected chi connectivity index (χ2v) is 3.57. The molecule has 84 valence electrons. The third-order valence-corrected chi connectivity index (χ3v) is 2.29. The van der Waals surface area contributed by atoms with Crippen LogP contribution in [0.25, 0.3) is 0 Å². The molecule has 1 rings (SSSR count). The summed E-state index contributed by atoms with van der Waals surface area (Å²) in [4.78, 5) is 2.29. The Morgan fingerprint density at radius 2 is 2.13 bits per heavy atom. The monoisotopic (exact) mass is 208 g/mol. The SMILES string of the molecule is CCCN(CCOC)c1cccc(N)c1. The highest BCUT2D eigenvalue weighted by Gasteiger charge is 2.04. The van der Waals surface area contributed by atoms with Gasteiger partial charge in [-0.25, -0.2) is 0 Å². The summed E-state index contributed by atoms with van der Waals surface area (Å²) in [6, 6.07) is 7.98. The Bertz CT molecular complexity index is 289. The summed E-state index contributed by atoms with van der Waals surface area (Å²) in [5.74, 6) is 0. The highest BCUT2D eigenvalue weighted by atomic mass is 16.5. The summed E-state index contributed by atoms with van der Waals surface area (Å²) < 4.78 is 5.10. The molecule has 2 N–H and O–H groups in total. The van der Waals surface area contributed by atoms with Gasteiger partial charge in [-0.2, -0.15) is 0 Å². The molecule has 0 aliphatic heterocycles. The molecule has 15 heavy (non-hydrogen) atoms. The fourth-order valence-electron chi connectivity index (χ4n) is 1.56. The lowest BCUT2D eigenvalue weighted by molar-refractivity contribution is 0.205. The van der Waals surface area contributed by atoms with E-state index in [2.05, 4.69) is 17.9 Å².